The van der Waals surface area contributed by atoms with E-state index < -0.39 is 0 Å². The topological polar surface area (TPSA) is 20.2 Å². The van der Waals surface area contributed by atoms with Gasteiger partial charge in [0.15, 0.2) is 0 Å². The molecule has 1 atom stereocenters. The molecule has 78 valence electrons. The van der Waals surface area contributed by atoms with Crippen molar-refractivity contribution in [3.05, 3.63) is 34.1 Å². The van der Waals surface area contributed by atoms with Crippen LogP contribution in [0.1, 0.15) is 12.5 Å². The Kier molecular flexibility index (Phi) is 4.92. The molecular weight excluding hydrogens is 267 g/mol. The Balaban J connectivity index is 2.59. The van der Waals surface area contributed by atoms with Crippen molar-refractivity contribution >= 4 is 27.7 Å². The lowest BCUT2D eigenvalue weighted by molar-refractivity contribution is 0.300. The molecule has 0 aliphatic heterocycles. The van der Waals surface area contributed by atoms with Crippen LogP contribution in [0.3, 0.4) is 0 Å². The fourth-order valence-electron chi connectivity index (χ4n) is 0.923. The van der Waals surface area contributed by atoms with E-state index in [4.69, 9.17) is 5.11 Å². The van der Waals surface area contributed by atoms with Gasteiger partial charge in [-0.15, -0.1) is 0 Å². The first kappa shape index (κ1) is 12.0. The summed E-state index contributed by atoms with van der Waals surface area (Å²) in [5.74, 6) is 0.401. The van der Waals surface area contributed by atoms with E-state index >= 15 is 0 Å². The highest BCUT2D eigenvalue weighted by Gasteiger charge is 2.05. The van der Waals surface area contributed by atoms with Crippen molar-refractivity contribution in [2.75, 3.05) is 6.61 Å². The van der Waals surface area contributed by atoms with Gasteiger partial charge in [0, 0.05) is 15.5 Å². The summed E-state index contributed by atoms with van der Waals surface area (Å²) < 4.78 is 14.0. The van der Waals surface area contributed by atoms with Gasteiger partial charge in [0.1, 0.15) is 5.82 Å². The summed E-state index contributed by atoms with van der Waals surface area (Å²) in [6.45, 7) is 2.05. The molecule has 0 bridgehead atoms. The van der Waals surface area contributed by atoms with Crippen LogP contribution in [0.4, 0.5) is 4.39 Å². The average Bonchev–Trinajstić information content (AvgIpc) is 2.16. The third-order valence-corrected chi connectivity index (χ3v) is 3.48. The summed E-state index contributed by atoms with van der Waals surface area (Å²) in [7, 11) is 0. The maximum absolute atomic E-state index is 13.3. The van der Waals surface area contributed by atoms with Gasteiger partial charge in [-0.25, -0.2) is 4.39 Å². The van der Waals surface area contributed by atoms with Gasteiger partial charge < -0.3 is 5.11 Å². The molecule has 1 aromatic rings. The van der Waals surface area contributed by atoms with Crippen LogP contribution < -0.4 is 0 Å². The molecule has 1 unspecified atom stereocenters. The van der Waals surface area contributed by atoms with Crippen LogP contribution in [-0.2, 0) is 5.75 Å². The zero-order valence-corrected chi connectivity index (χ0v) is 10.2. The van der Waals surface area contributed by atoms with Gasteiger partial charge in [0.25, 0.3) is 0 Å². The zero-order valence-electron chi connectivity index (χ0n) is 7.84. The Morgan fingerprint density at radius 2 is 2.29 bits per heavy atom. The first-order valence-corrected chi connectivity index (χ1v) is 6.14. The monoisotopic (exact) mass is 278 g/mol. The molecule has 0 aliphatic carbocycles. The van der Waals surface area contributed by atoms with Gasteiger partial charge in [-0.1, -0.05) is 28.9 Å². The van der Waals surface area contributed by atoms with E-state index in [2.05, 4.69) is 15.9 Å². The van der Waals surface area contributed by atoms with E-state index in [9.17, 15) is 4.39 Å². The molecule has 4 heteroatoms. The van der Waals surface area contributed by atoms with Crippen molar-refractivity contribution in [3.8, 4) is 0 Å². The smallest absolute Gasteiger partial charge is 0.128 e. The first-order chi connectivity index (χ1) is 6.63. The van der Waals surface area contributed by atoms with Crippen molar-refractivity contribution in [1.82, 2.24) is 0 Å². The van der Waals surface area contributed by atoms with E-state index in [-0.39, 0.29) is 17.7 Å². The minimum atomic E-state index is -0.197. The second-order valence-corrected chi connectivity index (χ2v) is 5.38. The molecule has 0 heterocycles. The molecule has 1 nitrogen and oxygen atoms in total. The minimum absolute atomic E-state index is 0.128. The Bertz CT molecular complexity index is 306. The SMILES string of the molecule is CC(CO)SCc1ccc(Br)cc1F. The van der Waals surface area contributed by atoms with E-state index in [1.165, 1.54) is 6.07 Å². The van der Waals surface area contributed by atoms with Crippen LogP contribution in [0, 0.1) is 5.82 Å². The van der Waals surface area contributed by atoms with Crippen molar-refractivity contribution in [1.29, 1.82) is 0 Å². The summed E-state index contributed by atoms with van der Waals surface area (Å²) >= 11 is 4.75. The number of aliphatic hydroxyl groups excluding tert-OH is 1. The second-order valence-electron chi connectivity index (χ2n) is 3.04. The van der Waals surface area contributed by atoms with Gasteiger partial charge in [0.05, 0.1) is 6.61 Å². The molecule has 0 aromatic heterocycles. The number of aliphatic hydroxyl groups is 1. The molecule has 0 amide bonds. The van der Waals surface area contributed by atoms with Crippen molar-refractivity contribution in [3.63, 3.8) is 0 Å². The van der Waals surface area contributed by atoms with Gasteiger partial charge in [-0.2, -0.15) is 11.8 Å². The lowest BCUT2D eigenvalue weighted by Crippen LogP contribution is -2.02. The summed E-state index contributed by atoms with van der Waals surface area (Å²) in [6.07, 6.45) is 0. The summed E-state index contributed by atoms with van der Waals surface area (Å²) in [4.78, 5) is 0. The lowest BCUT2D eigenvalue weighted by atomic mass is 10.2. The molecule has 0 radical (unpaired) electrons. The van der Waals surface area contributed by atoms with Crippen molar-refractivity contribution in [2.45, 2.75) is 17.9 Å². The Hall–Kier alpha value is -0.0600. The number of benzene rings is 1. The maximum Gasteiger partial charge on any atom is 0.128 e. The van der Waals surface area contributed by atoms with Crippen molar-refractivity contribution < 1.29 is 9.50 Å². The maximum atomic E-state index is 13.3. The molecule has 1 N–H and O–H groups in total. The summed E-state index contributed by atoms with van der Waals surface area (Å²) in [5.41, 5.74) is 0.679. The normalized spacial score (nSPS) is 12.9. The van der Waals surface area contributed by atoms with Gasteiger partial charge in [-0.3, -0.25) is 0 Å². The van der Waals surface area contributed by atoms with Crippen LogP contribution >= 0.6 is 27.7 Å². The van der Waals surface area contributed by atoms with E-state index in [1.54, 1.807) is 17.8 Å². The predicted molar refractivity (Wildman–Crippen MR) is 61.9 cm³/mol. The number of hydrogen-bond donors (Lipinski definition) is 1. The quantitative estimate of drug-likeness (QED) is 0.913. The van der Waals surface area contributed by atoms with Crippen LogP contribution in [0.25, 0.3) is 0 Å². The van der Waals surface area contributed by atoms with Gasteiger partial charge >= 0.3 is 0 Å². The summed E-state index contributed by atoms with van der Waals surface area (Å²) in [6, 6.07) is 5.04. The highest BCUT2D eigenvalue weighted by atomic mass is 79.9. The molecule has 14 heavy (non-hydrogen) atoms. The standard InChI is InChI=1S/C10H12BrFOS/c1-7(5-13)14-6-8-2-3-9(11)4-10(8)12/h2-4,7,13H,5-6H2,1H3. The Morgan fingerprint density at radius 1 is 1.57 bits per heavy atom. The fraction of sp³-hybridized carbons (Fsp3) is 0.400. The second kappa shape index (κ2) is 5.73. The molecule has 1 rings (SSSR count). The molecule has 0 saturated carbocycles. The third kappa shape index (κ3) is 3.59. The lowest BCUT2D eigenvalue weighted by Gasteiger charge is -2.08. The first-order valence-electron chi connectivity index (χ1n) is 4.30. The largest absolute Gasteiger partial charge is 0.395 e. The van der Waals surface area contributed by atoms with Gasteiger partial charge in [0.2, 0.25) is 0 Å². The van der Waals surface area contributed by atoms with Crippen LogP contribution in [0.2, 0.25) is 0 Å². The van der Waals surface area contributed by atoms with Crippen LogP contribution in [0.5, 0.6) is 0 Å². The summed E-state index contributed by atoms with van der Waals surface area (Å²) in [5, 5.41) is 8.96. The highest BCUT2D eigenvalue weighted by Crippen LogP contribution is 2.22. The van der Waals surface area contributed by atoms with E-state index in [0.29, 0.717) is 11.3 Å². The molecule has 1 aromatic carbocycles. The number of thioether (sulfide) groups is 1. The third-order valence-electron chi connectivity index (χ3n) is 1.80. The number of halogens is 2. The molecule has 0 fully saturated rings. The fourth-order valence-corrected chi connectivity index (χ4v) is 2.06. The zero-order chi connectivity index (χ0) is 10.6. The minimum Gasteiger partial charge on any atom is -0.395 e. The van der Waals surface area contributed by atoms with Crippen LogP contribution in [-0.4, -0.2) is 17.0 Å². The number of rotatable bonds is 4. The number of hydrogen-bond acceptors (Lipinski definition) is 2. The molecule has 0 saturated heterocycles. The van der Waals surface area contributed by atoms with E-state index in [0.717, 1.165) is 4.47 Å². The van der Waals surface area contributed by atoms with E-state index in [1.807, 2.05) is 13.0 Å². The predicted octanol–water partition coefficient (Wildman–Crippen LogP) is 3.20. The Morgan fingerprint density at radius 3 is 2.86 bits per heavy atom. The molecular formula is C10H12BrFOS. The Labute approximate surface area is 95.8 Å². The highest BCUT2D eigenvalue weighted by molar-refractivity contribution is 9.10. The molecule has 0 spiro atoms. The van der Waals surface area contributed by atoms with Crippen molar-refractivity contribution in [2.24, 2.45) is 0 Å². The molecule has 0 aliphatic rings. The van der Waals surface area contributed by atoms with Crippen LogP contribution in [0.15, 0.2) is 22.7 Å². The average molecular weight is 279 g/mol. The van der Waals surface area contributed by atoms with Gasteiger partial charge in [-0.05, 0) is 17.7 Å².